The van der Waals surface area contributed by atoms with Gasteiger partial charge in [0.1, 0.15) is 6.04 Å². The maximum absolute atomic E-state index is 12.5. The largest absolute Gasteiger partial charge is 0.478 e. The van der Waals surface area contributed by atoms with Crippen LogP contribution < -0.4 is 10.1 Å². The van der Waals surface area contributed by atoms with Gasteiger partial charge in [-0.2, -0.15) is 0 Å². The Bertz CT molecular complexity index is 605. The molecule has 136 valence electrons. The van der Waals surface area contributed by atoms with E-state index < -0.39 is 0 Å². The van der Waals surface area contributed by atoms with Gasteiger partial charge in [0.05, 0.1) is 6.61 Å². The van der Waals surface area contributed by atoms with E-state index in [1.807, 2.05) is 30.2 Å². The number of carbonyl (C=O) groups excluding carboxylic acids is 2. The molecule has 7 nitrogen and oxygen atoms in total. The van der Waals surface area contributed by atoms with E-state index >= 15 is 0 Å². The summed E-state index contributed by atoms with van der Waals surface area (Å²) in [4.78, 5) is 32.4. The number of carbonyl (C=O) groups is 2. The Balaban J connectivity index is 1.51. The molecule has 1 aromatic rings. The molecule has 1 atom stereocenters. The molecule has 3 heterocycles. The maximum Gasteiger partial charge on any atom is 0.245 e. The van der Waals surface area contributed by atoms with Crippen molar-refractivity contribution in [3.63, 3.8) is 0 Å². The Kier molecular flexibility index (Phi) is 5.86. The normalized spacial score (nSPS) is 21.7. The minimum absolute atomic E-state index is 0.0159. The predicted molar refractivity (Wildman–Crippen MR) is 93.0 cm³/mol. The smallest absolute Gasteiger partial charge is 0.245 e. The molecule has 2 aliphatic rings. The maximum atomic E-state index is 12.5. The third-order valence-corrected chi connectivity index (χ3v) is 4.69. The third kappa shape index (κ3) is 4.69. The van der Waals surface area contributed by atoms with E-state index in [2.05, 4.69) is 15.2 Å². The van der Waals surface area contributed by atoms with Crippen LogP contribution >= 0.6 is 0 Å². The van der Waals surface area contributed by atoms with Crippen LogP contribution in [0.2, 0.25) is 0 Å². The summed E-state index contributed by atoms with van der Waals surface area (Å²) in [5.74, 6) is 0.700. The number of ether oxygens (including phenoxy) is 1. The molecule has 0 radical (unpaired) electrons. The Morgan fingerprint density at radius 3 is 2.88 bits per heavy atom. The SMILES string of the molecule is CCOc1ccc(CN2CCCN(C(=O)C3CCC(=O)N3)CC2)cn1. The molecule has 3 rings (SSSR count). The van der Waals surface area contributed by atoms with Gasteiger partial charge in [0.2, 0.25) is 17.7 Å². The van der Waals surface area contributed by atoms with Gasteiger partial charge in [0.25, 0.3) is 0 Å². The highest BCUT2D eigenvalue weighted by atomic mass is 16.5. The predicted octanol–water partition coefficient (Wildman–Crippen LogP) is 0.793. The molecule has 1 unspecified atom stereocenters. The van der Waals surface area contributed by atoms with Gasteiger partial charge in [0.15, 0.2) is 0 Å². The van der Waals surface area contributed by atoms with Crippen LogP contribution in [0.25, 0.3) is 0 Å². The van der Waals surface area contributed by atoms with E-state index in [0.717, 1.165) is 38.2 Å². The fraction of sp³-hybridized carbons (Fsp3) is 0.611. The first-order chi connectivity index (χ1) is 12.2. The Labute approximate surface area is 148 Å². The zero-order valence-corrected chi connectivity index (χ0v) is 14.7. The second-order valence-corrected chi connectivity index (χ2v) is 6.55. The number of aromatic nitrogens is 1. The number of nitrogens with zero attached hydrogens (tertiary/aromatic N) is 3. The first kappa shape index (κ1) is 17.7. The summed E-state index contributed by atoms with van der Waals surface area (Å²) in [5, 5.41) is 2.77. The third-order valence-electron chi connectivity index (χ3n) is 4.69. The lowest BCUT2D eigenvalue weighted by Gasteiger charge is -2.24. The van der Waals surface area contributed by atoms with Crippen molar-refractivity contribution < 1.29 is 14.3 Å². The molecule has 2 fully saturated rings. The first-order valence-electron chi connectivity index (χ1n) is 9.04. The number of hydrogen-bond acceptors (Lipinski definition) is 5. The summed E-state index contributed by atoms with van der Waals surface area (Å²) < 4.78 is 5.37. The second kappa shape index (κ2) is 8.29. The molecule has 0 aliphatic carbocycles. The molecule has 2 saturated heterocycles. The van der Waals surface area contributed by atoms with Crippen LogP contribution in [0.4, 0.5) is 0 Å². The number of rotatable bonds is 5. The first-order valence-corrected chi connectivity index (χ1v) is 9.04. The van der Waals surface area contributed by atoms with Gasteiger partial charge in [-0.05, 0) is 25.3 Å². The fourth-order valence-electron chi connectivity index (χ4n) is 3.37. The molecular weight excluding hydrogens is 320 g/mol. The average Bonchev–Trinajstić information content (AvgIpc) is 2.91. The van der Waals surface area contributed by atoms with Crippen LogP contribution in [-0.2, 0) is 16.1 Å². The van der Waals surface area contributed by atoms with E-state index in [1.54, 1.807) is 0 Å². The van der Waals surface area contributed by atoms with Crippen molar-refractivity contribution in [3.8, 4) is 5.88 Å². The molecule has 0 saturated carbocycles. The Hall–Kier alpha value is -2.15. The van der Waals surface area contributed by atoms with Gasteiger partial charge in [-0.3, -0.25) is 14.5 Å². The number of nitrogens with one attached hydrogen (secondary N) is 1. The topological polar surface area (TPSA) is 74.8 Å². The van der Waals surface area contributed by atoms with Crippen molar-refractivity contribution in [1.82, 2.24) is 20.1 Å². The van der Waals surface area contributed by atoms with Gasteiger partial charge in [0, 0.05) is 51.4 Å². The summed E-state index contributed by atoms with van der Waals surface area (Å²) in [7, 11) is 0. The molecular formula is C18H26N4O3. The van der Waals surface area contributed by atoms with Crippen LogP contribution in [0.5, 0.6) is 5.88 Å². The highest BCUT2D eigenvalue weighted by molar-refractivity contribution is 5.90. The standard InChI is InChI=1S/C18H26N4O3/c1-2-25-17-7-4-14(12-19-17)13-21-8-3-9-22(11-10-21)18(24)15-5-6-16(23)20-15/h4,7,12,15H,2-3,5-6,8-11,13H2,1H3,(H,20,23). The molecule has 2 amide bonds. The van der Waals surface area contributed by atoms with Crippen molar-refractivity contribution in [2.75, 3.05) is 32.8 Å². The monoisotopic (exact) mass is 346 g/mol. The van der Waals surface area contributed by atoms with Crippen LogP contribution in [0, 0.1) is 0 Å². The Morgan fingerprint density at radius 2 is 2.20 bits per heavy atom. The van der Waals surface area contributed by atoms with E-state index in [-0.39, 0.29) is 17.9 Å². The van der Waals surface area contributed by atoms with Crippen molar-refractivity contribution in [2.24, 2.45) is 0 Å². The Morgan fingerprint density at radius 1 is 1.32 bits per heavy atom. The average molecular weight is 346 g/mol. The molecule has 1 N–H and O–H groups in total. The second-order valence-electron chi connectivity index (χ2n) is 6.55. The van der Waals surface area contributed by atoms with Gasteiger partial charge < -0.3 is 15.0 Å². The van der Waals surface area contributed by atoms with E-state index in [4.69, 9.17) is 4.74 Å². The lowest BCUT2D eigenvalue weighted by molar-refractivity contribution is -0.134. The quantitative estimate of drug-likeness (QED) is 0.853. The van der Waals surface area contributed by atoms with Gasteiger partial charge in [-0.1, -0.05) is 6.07 Å². The number of hydrogen-bond donors (Lipinski definition) is 1. The van der Waals surface area contributed by atoms with Crippen molar-refractivity contribution in [2.45, 2.75) is 38.8 Å². The summed E-state index contributed by atoms with van der Waals surface area (Å²) >= 11 is 0. The van der Waals surface area contributed by atoms with Crippen LogP contribution in [0.1, 0.15) is 31.7 Å². The van der Waals surface area contributed by atoms with Crippen LogP contribution in [-0.4, -0.2) is 65.4 Å². The molecule has 1 aromatic heterocycles. The number of amides is 2. The lowest BCUT2D eigenvalue weighted by Crippen LogP contribution is -2.45. The van der Waals surface area contributed by atoms with E-state index in [9.17, 15) is 9.59 Å². The summed E-state index contributed by atoms with van der Waals surface area (Å²) in [6.45, 7) is 6.62. The van der Waals surface area contributed by atoms with Gasteiger partial charge in [-0.25, -0.2) is 4.98 Å². The highest BCUT2D eigenvalue weighted by Crippen LogP contribution is 2.14. The zero-order valence-electron chi connectivity index (χ0n) is 14.7. The summed E-state index contributed by atoms with van der Waals surface area (Å²) in [6.07, 6.45) is 3.88. The van der Waals surface area contributed by atoms with Gasteiger partial charge >= 0.3 is 0 Å². The molecule has 0 bridgehead atoms. The van der Waals surface area contributed by atoms with Crippen molar-refractivity contribution in [3.05, 3.63) is 23.9 Å². The highest BCUT2D eigenvalue weighted by Gasteiger charge is 2.31. The summed E-state index contributed by atoms with van der Waals surface area (Å²) in [5.41, 5.74) is 1.14. The van der Waals surface area contributed by atoms with Crippen LogP contribution in [0.15, 0.2) is 18.3 Å². The fourth-order valence-corrected chi connectivity index (χ4v) is 3.37. The van der Waals surface area contributed by atoms with E-state index in [1.165, 1.54) is 0 Å². The minimum Gasteiger partial charge on any atom is -0.478 e. The zero-order chi connectivity index (χ0) is 17.6. The molecule has 0 aromatic carbocycles. The minimum atomic E-state index is -0.325. The van der Waals surface area contributed by atoms with Crippen molar-refractivity contribution >= 4 is 11.8 Å². The molecule has 7 heteroatoms. The summed E-state index contributed by atoms with van der Waals surface area (Å²) in [6, 6.07) is 3.61. The van der Waals surface area contributed by atoms with Gasteiger partial charge in [-0.15, -0.1) is 0 Å². The van der Waals surface area contributed by atoms with E-state index in [0.29, 0.717) is 31.9 Å². The van der Waals surface area contributed by atoms with Crippen LogP contribution in [0.3, 0.4) is 0 Å². The number of pyridine rings is 1. The molecule has 0 spiro atoms. The molecule has 2 aliphatic heterocycles. The van der Waals surface area contributed by atoms with Crippen molar-refractivity contribution in [1.29, 1.82) is 0 Å². The lowest BCUT2D eigenvalue weighted by atomic mass is 10.2. The molecule has 25 heavy (non-hydrogen) atoms.